The van der Waals surface area contributed by atoms with E-state index in [1.807, 2.05) is 85.2 Å². The summed E-state index contributed by atoms with van der Waals surface area (Å²) >= 11 is 0. The smallest absolute Gasteiger partial charge is 0.119 e. The lowest BCUT2D eigenvalue weighted by Gasteiger charge is -2.07. The van der Waals surface area contributed by atoms with E-state index in [2.05, 4.69) is 44.4 Å². The molecule has 6 rings (SSSR count). The topological polar surface area (TPSA) is 106 Å². The number of aromatic nitrogens is 8. The molecular formula is C38H42N8O2. The minimum absolute atomic E-state index is 0.724. The van der Waals surface area contributed by atoms with Gasteiger partial charge in [-0.05, 0) is 85.6 Å². The van der Waals surface area contributed by atoms with Crippen LogP contribution in [-0.2, 0) is 0 Å². The molecule has 0 aliphatic rings. The summed E-state index contributed by atoms with van der Waals surface area (Å²) in [6, 6.07) is 23.6. The van der Waals surface area contributed by atoms with Gasteiger partial charge >= 0.3 is 0 Å². The van der Waals surface area contributed by atoms with E-state index >= 15 is 0 Å². The molecule has 0 spiro atoms. The van der Waals surface area contributed by atoms with Crippen LogP contribution in [0.4, 0.5) is 0 Å². The molecule has 10 nitrogen and oxygen atoms in total. The van der Waals surface area contributed by atoms with E-state index in [9.17, 15) is 0 Å². The molecule has 4 heterocycles. The lowest BCUT2D eigenvalue weighted by atomic mass is 10.1. The van der Waals surface area contributed by atoms with Crippen LogP contribution in [0.2, 0.25) is 0 Å². The molecule has 0 aliphatic carbocycles. The Labute approximate surface area is 281 Å². The average molecular weight is 643 g/mol. The predicted molar refractivity (Wildman–Crippen MR) is 187 cm³/mol. The van der Waals surface area contributed by atoms with Crippen LogP contribution in [-0.4, -0.2) is 53.2 Å². The van der Waals surface area contributed by atoms with Crippen LogP contribution in [0.3, 0.4) is 0 Å². The first kappa shape index (κ1) is 32.6. The van der Waals surface area contributed by atoms with Gasteiger partial charge in [0.25, 0.3) is 0 Å². The number of nitrogens with zero attached hydrogens (tertiary/aromatic N) is 8. The summed E-state index contributed by atoms with van der Waals surface area (Å²) in [4.78, 5) is 9.20. The number of ether oxygens (including phenoxy) is 2. The zero-order valence-corrected chi connectivity index (χ0v) is 27.7. The van der Waals surface area contributed by atoms with Gasteiger partial charge in [0, 0.05) is 23.5 Å². The highest BCUT2D eigenvalue weighted by Gasteiger charge is 2.12. The molecule has 0 amide bonds. The molecule has 4 aromatic heterocycles. The number of pyridine rings is 2. The number of unbranched alkanes of at least 4 members (excludes halogenated alkanes) is 6. The highest BCUT2D eigenvalue weighted by molar-refractivity contribution is 5.70. The van der Waals surface area contributed by atoms with Gasteiger partial charge in [0.1, 0.15) is 22.9 Å². The number of hydrogen-bond donors (Lipinski definition) is 0. The van der Waals surface area contributed by atoms with Crippen molar-refractivity contribution in [3.63, 3.8) is 0 Å². The maximum absolute atomic E-state index is 5.88. The highest BCUT2D eigenvalue weighted by Crippen LogP contribution is 2.27. The molecule has 0 saturated heterocycles. The van der Waals surface area contributed by atoms with Crippen molar-refractivity contribution in [2.45, 2.75) is 65.2 Å². The fraction of sp³-hybridized carbons (Fsp3) is 0.316. The molecule has 0 unspecified atom stereocenters. The Morgan fingerprint density at radius 1 is 0.500 bits per heavy atom. The van der Waals surface area contributed by atoms with Crippen molar-refractivity contribution in [2.24, 2.45) is 0 Å². The first-order valence-electron chi connectivity index (χ1n) is 16.9. The lowest BCUT2D eigenvalue weighted by molar-refractivity contribution is 0.305. The normalized spacial score (nSPS) is 11.1. The van der Waals surface area contributed by atoms with E-state index in [-0.39, 0.29) is 0 Å². The molecule has 0 bridgehead atoms. The second-order valence-corrected chi connectivity index (χ2v) is 11.8. The standard InChI is InChI=1S/C38H42N8O2/c1-3-5-7-9-23-47-33-15-11-31(12-16-33)45-27-37(41-43-45)29-19-21-39-35(25-29)36-26-30(20-22-40-36)38-28-46(44-42-38)32-13-17-34(18-14-32)48-24-10-8-6-4-2/h11-22,25-28H,3-10,23-24H2,1-2H3. The molecule has 0 saturated carbocycles. The van der Waals surface area contributed by atoms with E-state index < -0.39 is 0 Å². The Morgan fingerprint density at radius 3 is 1.35 bits per heavy atom. The Morgan fingerprint density at radius 2 is 0.938 bits per heavy atom. The molecule has 6 aromatic rings. The van der Waals surface area contributed by atoms with Gasteiger partial charge in [-0.25, -0.2) is 9.36 Å². The Bertz CT molecular complexity index is 1730. The van der Waals surface area contributed by atoms with E-state index in [0.29, 0.717) is 0 Å². The number of rotatable bonds is 17. The van der Waals surface area contributed by atoms with Gasteiger partial charge in [-0.2, -0.15) is 0 Å². The van der Waals surface area contributed by atoms with E-state index in [1.165, 1.54) is 38.5 Å². The summed E-state index contributed by atoms with van der Waals surface area (Å²) in [5, 5.41) is 17.6. The van der Waals surface area contributed by atoms with Crippen molar-refractivity contribution in [3.8, 4) is 56.8 Å². The van der Waals surface area contributed by atoms with Crippen molar-refractivity contribution in [1.82, 2.24) is 40.0 Å². The Hall–Kier alpha value is -5.38. The molecule has 246 valence electrons. The minimum atomic E-state index is 0.724. The van der Waals surface area contributed by atoms with Crippen molar-refractivity contribution in [3.05, 3.63) is 97.6 Å². The molecule has 0 radical (unpaired) electrons. The molecule has 10 heteroatoms. The predicted octanol–water partition coefficient (Wildman–Crippen LogP) is 8.56. The van der Waals surface area contributed by atoms with Crippen molar-refractivity contribution in [2.75, 3.05) is 13.2 Å². The van der Waals surface area contributed by atoms with Crippen LogP contribution < -0.4 is 9.47 Å². The van der Waals surface area contributed by atoms with Crippen LogP contribution in [0.5, 0.6) is 11.5 Å². The summed E-state index contributed by atoms with van der Waals surface area (Å²) in [7, 11) is 0. The first-order valence-corrected chi connectivity index (χ1v) is 16.9. The maximum atomic E-state index is 5.88. The SMILES string of the molecule is CCCCCCOc1ccc(-n2cc(-c3ccnc(-c4cc(-c5cn(-c6ccc(OCCCCCC)cc6)nn5)ccn4)c3)nn2)cc1. The van der Waals surface area contributed by atoms with Crippen molar-refractivity contribution < 1.29 is 9.47 Å². The monoisotopic (exact) mass is 642 g/mol. The lowest BCUT2D eigenvalue weighted by Crippen LogP contribution is -1.98. The average Bonchev–Trinajstić information content (AvgIpc) is 3.84. The van der Waals surface area contributed by atoms with Gasteiger partial charge in [-0.3, -0.25) is 9.97 Å². The molecule has 48 heavy (non-hydrogen) atoms. The van der Waals surface area contributed by atoms with Crippen LogP contribution in [0.25, 0.3) is 45.3 Å². The van der Waals surface area contributed by atoms with Crippen molar-refractivity contribution in [1.29, 1.82) is 0 Å². The Balaban J connectivity index is 1.10. The summed E-state index contributed by atoms with van der Waals surface area (Å²) < 4.78 is 15.3. The zero-order chi connectivity index (χ0) is 33.0. The van der Waals surface area contributed by atoms with Gasteiger partial charge in [0.05, 0.1) is 48.4 Å². The third-order valence-electron chi connectivity index (χ3n) is 8.10. The number of hydrogen-bond acceptors (Lipinski definition) is 8. The summed E-state index contributed by atoms with van der Waals surface area (Å²) in [5.41, 5.74) is 6.53. The summed E-state index contributed by atoms with van der Waals surface area (Å²) in [6.45, 7) is 5.89. The van der Waals surface area contributed by atoms with Crippen LogP contribution >= 0.6 is 0 Å². The Kier molecular flexibility index (Phi) is 11.2. The zero-order valence-electron chi connectivity index (χ0n) is 27.7. The summed E-state index contributed by atoms with van der Waals surface area (Å²) in [5.74, 6) is 1.72. The minimum Gasteiger partial charge on any atom is -0.494 e. The fourth-order valence-corrected chi connectivity index (χ4v) is 5.33. The number of benzene rings is 2. The molecule has 0 atom stereocenters. The molecule has 0 aliphatic heterocycles. The van der Waals surface area contributed by atoms with Crippen LogP contribution in [0, 0.1) is 0 Å². The van der Waals surface area contributed by atoms with Gasteiger partial charge in [-0.1, -0.05) is 62.8 Å². The fourth-order valence-electron chi connectivity index (χ4n) is 5.33. The van der Waals surface area contributed by atoms with E-state index in [0.717, 1.165) is 82.8 Å². The van der Waals surface area contributed by atoms with Crippen molar-refractivity contribution >= 4 is 0 Å². The first-order chi connectivity index (χ1) is 23.7. The van der Waals surface area contributed by atoms with Crippen LogP contribution in [0.15, 0.2) is 97.6 Å². The van der Waals surface area contributed by atoms with E-state index in [1.54, 1.807) is 21.8 Å². The summed E-state index contributed by atoms with van der Waals surface area (Å²) in [6.07, 6.45) is 16.8. The van der Waals surface area contributed by atoms with Gasteiger partial charge in [0.2, 0.25) is 0 Å². The molecular weight excluding hydrogens is 600 g/mol. The molecule has 0 N–H and O–H groups in total. The maximum Gasteiger partial charge on any atom is 0.119 e. The second kappa shape index (κ2) is 16.4. The third-order valence-corrected chi connectivity index (χ3v) is 8.10. The van der Waals surface area contributed by atoms with Gasteiger partial charge < -0.3 is 9.47 Å². The second-order valence-electron chi connectivity index (χ2n) is 11.8. The largest absolute Gasteiger partial charge is 0.494 e. The van der Waals surface area contributed by atoms with Gasteiger partial charge in [0.15, 0.2) is 0 Å². The van der Waals surface area contributed by atoms with Gasteiger partial charge in [-0.15, -0.1) is 10.2 Å². The molecule has 0 fully saturated rings. The third kappa shape index (κ3) is 8.50. The molecule has 2 aromatic carbocycles. The highest BCUT2D eigenvalue weighted by atomic mass is 16.5. The van der Waals surface area contributed by atoms with E-state index in [4.69, 9.17) is 9.47 Å². The van der Waals surface area contributed by atoms with Crippen LogP contribution in [0.1, 0.15) is 65.2 Å². The quantitative estimate of drug-likeness (QED) is 0.0912.